The smallest absolute Gasteiger partial charge is 0.243 e. The normalized spacial score (nSPS) is 19.8. The first-order valence-electron chi connectivity index (χ1n) is 10.1. The van der Waals surface area contributed by atoms with E-state index in [1.54, 1.807) is 12.1 Å². The Morgan fingerprint density at radius 1 is 1.18 bits per heavy atom. The molecule has 0 atom stereocenters. The number of carbonyl (C=O) groups is 1. The van der Waals surface area contributed by atoms with E-state index in [0.717, 1.165) is 23.0 Å². The summed E-state index contributed by atoms with van der Waals surface area (Å²) in [5, 5.41) is 3.04. The second-order valence-corrected chi connectivity index (χ2v) is 10.6. The number of benzene rings is 1. The third-order valence-electron chi connectivity index (χ3n) is 5.74. The molecule has 0 spiro atoms. The summed E-state index contributed by atoms with van der Waals surface area (Å²) in [6.07, 6.45) is 4.69. The fourth-order valence-corrected chi connectivity index (χ4v) is 6.25. The minimum absolute atomic E-state index is 0.0668. The Kier molecular flexibility index (Phi) is 7.53. The number of amides is 1. The molecule has 1 aromatic carbocycles. The van der Waals surface area contributed by atoms with Crippen molar-refractivity contribution in [3.8, 4) is 0 Å². The average Bonchev–Trinajstić information content (AvgIpc) is 3.20. The molecule has 2 aliphatic rings. The van der Waals surface area contributed by atoms with Gasteiger partial charge >= 0.3 is 0 Å². The number of carbonyl (C=O) groups excluding carboxylic acids is 1. The van der Waals surface area contributed by atoms with Crippen molar-refractivity contribution in [2.75, 3.05) is 39.3 Å². The zero-order valence-corrected chi connectivity index (χ0v) is 18.9. The average molecular weight is 472 g/mol. The standard InChI is InChI=1S/C20H30BrN3O3S/c1-16-5-6-18(21)15-19(16)28(26,27)24-13-7-17(8-14-24)20(25)22-9-4-12-23-10-2-3-11-23/h5-6,15,17H,2-4,7-14H2,1H3,(H,22,25). The van der Waals surface area contributed by atoms with Gasteiger partial charge in [-0.15, -0.1) is 0 Å². The first kappa shape index (κ1) is 21.7. The largest absolute Gasteiger partial charge is 0.356 e. The molecule has 0 aliphatic carbocycles. The summed E-state index contributed by atoms with van der Waals surface area (Å²) >= 11 is 3.35. The van der Waals surface area contributed by atoms with Crippen molar-refractivity contribution in [1.29, 1.82) is 0 Å². The number of aryl methyl sites for hydroxylation is 1. The molecule has 0 aromatic heterocycles. The van der Waals surface area contributed by atoms with Crippen molar-refractivity contribution in [3.63, 3.8) is 0 Å². The van der Waals surface area contributed by atoms with Crippen LogP contribution in [0.3, 0.4) is 0 Å². The fourth-order valence-electron chi connectivity index (χ4n) is 4.01. The molecule has 3 rings (SSSR count). The molecule has 0 saturated carbocycles. The summed E-state index contributed by atoms with van der Waals surface area (Å²) < 4.78 is 28.2. The molecule has 6 nitrogen and oxygen atoms in total. The number of rotatable bonds is 7. The number of likely N-dealkylation sites (tertiary alicyclic amines) is 1. The van der Waals surface area contributed by atoms with E-state index in [4.69, 9.17) is 0 Å². The maximum Gasteiger partial charge on any atom is 0.243 e. The van der Waals surface area contributed by atoms with Crippen LogP contribution < -0.4 is 5.32 Å². The summed E-state index contributed by atoms with van der Waals surface area (Å²) in [5.74, 6) is -0.0288. The lowest BCUT2D eigenvalue weighted by Crippen LogP contribution is -2.43. The van der Waals surface area contributed by atoms with Crippen molar-refractivity contribution < 1.29 is 13.2 Å². The predicted molar refractivity (Wildman–Crippen MR) is 114 cm³/mol. The molecule has 0 unspecified atom stereocenters. The van der Waals surface area contributed by atoms with Crippen molar-refractivity contribution in [3.05, 3.63) is 28.2 Å². The quantitative estimate of drug-likeness (QED) is 0.620. The molecule has 156 valence electrons. The minimum Gasteiger partial charge on any atom is -0.356 e. The van der Waals surface area contributed by atoms with E-state index in [9.17, 15) is 13.2 Å². The Morgan fingerprint density at radius 2 is 1.86 bits per heavy atom. The molecular weight excluding hydrogens is 442 g/mol. The number of halogens is 1. The molecule has 2 fully saturated rings. The summed E-state index contributed by atoms with van der Waals surface area (Å²) in [6.45, 7) is 6.69. The highest BCUT2D eigenvalue weighted by Gasteiger charge is 2.32. The highest BCUT2D eigenvalue weighted by atomic mass is 79.9. The predicted octanol–water partition coefficient (Wildman–Crippen LogP) is 2.76. The zero-order chi connectivity index (χ0) is 20.1. The van der Waals surface area contributed by atoms with Gasteiger partial charge in [0, 0.05) is 30.0 Å². The number of hydrogen-bond acceptors (Lipinski definition) is 4. The topological polar surface area (TPSA) is 69.7 Å². The van der Waals surface area contributed by atoms with Crippen molar-refractivity contribution >= 4 is 31.9 Å². The van der Waals surface area contributed by atoms with Crippen molar-refractivity contribution in [2.45, 2.75) is 43.9 Å². The molecule has 28 heavy (non-hydrogen) atoms. The number of nitrogens with zero attached hydrogens (tertiary/aromatic N) is 2. The number of hydrogen-bond donors (Lipinski definition) is 1. The Balaban J connectivity index is 1.46. The van der Waals surface area contributed by atoms with E-state index in [2.05, 4.69) is 26.1 Å². The van der Waals surface area contributed by atoms with Crippen LogP contribution in [0.1, 0.15) is 37.7 Å². The molecule has 1 aromatic rings. The van der Waals surface area contributed by atoms with Crippen LogP contribution in [0, 0.1) is 12.8 Å². The van der Waals surface area contributed by atoms with Gasteiger partial charge in [0.25, 0.3) is 0 Å². The minimum atomic E-state index is -3.53. The zero-order valence-electron chi connectivity index (χ0n) is 16.5. The first-order valence-corrected chi connectivity index (χ1v) is 12.4. The van der Waals surface area contributed by atoms with Crippen LogP contribution in [-0.2, 0) is 14.8 Å². The summed E-state index contributed by atoms with van der Waals surface area (Å²) in [5.41, 5.74) is 0.737. The van der Waals surface area contributed by atoms with Gasteiger partial charge in [0.05, 0.1) is 4.90 Å². The van der Waals surface area contributed by atoms with Crippen LogP contribution in [-0.4, -0.2) is 62.8 Å². The molecule has 8 heteroatoms. The molecule has 2 heterocycles. The molecule has 0 radical (unpaired) electrons. The second kappa shape index (κ2) is 9.69. The van der Waals surface area contributed by atoms with Gasteiger partial charge in [-0.1, -0.05) is 22.0 Å². The van der Waals surface area contributed by atoms with Gasteiger partial charge in [-0.25, -0.2) is 8.42 Å². The van der Waals surface area contributed by atoms with E-state index in [0.29, 0.717) is 37.4 Å². The van der Waals surface area contributed by atoms with E-state index >= 15 is 0 Å². The summed E-state index contributed by atoms with van der Waals surface area (Å²) in [6, 6.07) is 5.30. The maximum atomic E-state index is 13.0. The number of nitrogens with one attached hydrogen (secondary N) is 1. The van der Waals surface area contributed by atoms with Gasteiger partial charge in [-0.2, -0.15) is 4.31 Å². The first-order chi connectivity index (χ1) is 13.4. The maximum absolute atomic E-state index is 13.0. The van der Waals surface area contributed by atoms with Gasteiger partial charge in [-0.3, -0.25) is 4.79 Å². The van der Waals surface area contributed by atoms with Crippen LogP contribution in [0.4, 0.5) is 0 Å². The Hall–Kier alpha value is -0.960. The third kappa shape index (κ3) is 5.34. The van der Waals surface area contributed by atoms with Gasteiger partial charge in [-0.05, 0) is 76.4 Å². The summed E-state index contributed by atoms with van der Waals surface area (Å²) in [4.78, 5) is 15.2. The van der Waals surface area contributed by atoms with E-state index in [1.807, 2.05) is 13.0 Å². The molecule has 1 amide bonds. The molecule has 2 saturated heterocycles. The van der Waals surface area contributed by atoms with Gasteiger partial charge in [0.2, 0.25) is 15.9 Å². The number of sulfonamides is 1. The number of piperidine rings is 1. The van der Waals surface area contributed by atoms with E-state index in [-0.39, 0.29) is 11.8 Å². The molecular formula is C20H30BrN3O3S. The van der Waals surface area contributed by atoms with Crippen molar-refractivity contribution in [1.82, 2.24) is 14.5 Å². The van der Waals surface area contributed by atoms with Crippen LogP contribution >= 0.6 is 15.9 Å². The Morgan fingerprint density at radius 3 is 2.54 bits per heavy atom. The van der Waals surface area contributed by atoms with Gasteiger partial charge in [0.15, 0.2) is 0 Å². The van der Waals surface area contributed by atoms with Crippen LogP contribution in [0.2, 0.25) is 0 Å². The van der Waals surface area contributed by atoms with Crippen LogP contribution in [0.5, 0.6) is 0 Å². The van der Waals surface area contributed by atoms with E-state index < -0.39 is 10.0 Å². The molecule has 1 N–H and O–H groups in total. The Bertz CT molecular complexity index is 786. The van der Waals surface area contributed by atoms with Crippen LogP contribution in [0.25, 0.3) is 0 Å². The van der Waals surface area contributed by atoms with Gasteiger partial charge < -0.3 is 10.2 Å². The highest BCUT2D eigenvalue weighted by Crippen LogP contribution is 2.27. The lowest BCUT2D eigenvalue weighted by molar-refractivity contribution is -0.126. The van der Waals surface area contributed by atoms with Crippen LogP contribution in [0.15, 0.2) is 27.6 Å². The lowest BCUT2D eigenvalue weighted by Gasteiger charge is -2.31. The molecule has 2 aliphatic heterocycles. The summed E-state index contributed by atoms with van der Waals surface area (Å²) in [7, 11) is -3.53. The molecule has 0 bridgehead atoms. The van der Waals surface area contributed by atoms with Gasteiger partial charge in [0.1, 0.15) is 0 Å². The highest BCUT2D eigenvalue weighted by molar-refractivity contribution is 9.10. The third-order valence-corrected chi connectivity index (χ3v) is 8.28. The monoisotopic (exact) mass is 471 g/mol. The fraction of sp³-hybridized carbons (Fsp3) is 0.650. The lowest BCUT2D eigenvalue weighted by atomic mass is 9.97. The second-order valence-electron chi connectivity index (χ2n) is 7.78. The SMILES string of the molecule is Cc1ccc(Br)cc1S(=O)(=O)N1CCC(C(=O)NCCCN2CCCC2)CC1. The Labute approximate surface area is 176 Å². The van der Waals surface area contributed by atoms with E-state index in [1.165, 1.54) is 30.2 Å². The van der Waals surface area contributed by atoms with Crippen molar-refractivity contribution in [2.24, 2.45) is 5.92 Å².